The van der Waals surface area contributed by atoms with Crippen LogP contribution >= 0.6 is 0 Å². The number of nitrogens with zero attached hydrogens (tertiary/aromatic N) is 1. The van der Waals surface area contributed by atoms with Gasteiger partial charge in [0.1, 0.15) is 6.07 Å². The van der Waals surface area contributed by atoms with Gasteiger partial charge in [0.15, 0.2) is 6.29 Å². The molecular weight excluding hydrogens is 150 g/mol. The van der Waals surface area contributed by atoms with Crippen LogP contribution in [0.4, 0.5) is 0 Å². The zero-order valence-electron chi connectivity index (χ0n) is 6.40. The Morgan fingerprint density at radius 3 is 2.50 bits per heavy atom. The molecule has 2 heteroatoms. The molecule has 0 spiro atoms. The van der Waals surface area contributed by atoms with Crippen molar-refractivity contribution < 1.29 is 4.79 Å². The first-order valence-corrected chi connectivity index (χ1v) is 3.49. The van der Waals surface area contributed by atoms with E-state index in [-0.39, 0.29) is 5.57 Å². The van der Waals surface area contributed by atoms with Gasteiger partial charge in [0, 0.05) is 0 Å². The summed E-state index contributed by atoms with van der Waals surface area (Å²) in [5, 5.41) is 8.44. The number of carbonyl (C=O) groups is 1. The molecule has 0 atom stereocenters. The van der Waals surface area contributed by atoms with E-state index in [1.54, 1.807) is 12.1 Å². The SMILES string of the molecule is N#CC(C=O)=Cc1ccccc1. The second kappa shape index (κ2) is 4.09. The van der Waals surface area contributed by atoms with E-state index in [1.807, 2.05) is 30.3 Å². The Morgan fingerprint density at radius 2 is 2.00 bits per heavy atom. The number of allylic oxidation sites excluding steroid dienone is 1. The predicted octanol–water partition coefficient (Wildman–Crippen LogP) is 1.79. The maximum Gasteiger partial charge on any atom is 0.160 e. The molecule has 12 heavy (non-hydrogen) atoms. The summed E-state index contributed by atoms with van der Waals surface area (Å²) in [7, 11) is 0. The molecule has 0 heterocycles. The van der Waals surface area contributed by atoms with E-state index < -0.39 is 0 Å². The predicted molar refractivity (Wildman–Crippen MR) is 46.1 cm³/mol. The number of benzene rings is 1. The highest BCUT2D eigenvalue weighted by atomic mass is 16.1. The van der Waals surface area contributed by atoms with E-state index in [9.17, 15) is 4.79 Å². The quantitative estimate of drug-likeness (QED) is 0.373. The summed E-state index contributed by atoms with van der Waals surface area (Å²) in [5.41, 5.74) is 1.00. The zero-order chi connectivity index (χ0) is 8.81. The molecule has 0 aliphatic carbocycles. The lowest BCUT2D eigenvalue weighted by molar-refractivity contribution is -0.104. The number of hydrogen-bond donors (Lipinski definition) is 0. The molecule has 0 amide bonds. The second-order valence-corrected chi connectivity index (χ2v) is 2.24. The maximum atomic E-state index is 10.2. The molecule has 0 saturated carbocycles. The number of hydrogen-bond acceptors (Lipinski definition) is 2. The first kappa shape index (κ1) is 8.22. The highest BCUT2D eigenvalue weighted by Crippen LogP contribution is 2.03. The van der Waals surface area contributed by atoms with Gasteiger partial charge in [-0.2, -0.15) is 5.26 Å². The van der Waals surface area contributed by atoms with Gasteiger partial charge in [0.2, 0.25) is 0 Å². The smallest absolute Gasteiger partial charge is 0.160 e. The van der Waals surface area contributed by atoms with E-state index in [1.165, 1.54) is 0 Å². The third kappa shape index (κ3) is 2.06. The van der Waals surface area contributed by atoms with Gasteiger partial charge >= 0.3 is 0 Å². The van der Waals surface area contributed by atoms with Crippen LogP contribution in [0, 0.1) is 11.3 Å². The van der Waals surface area contributed by atoms with Crippen LogP contribution in [0.15, 0.2) is 35.9 Å². The molecule has 0 aromatic heterocycles. The highest BCUT2D eigenvalue weighted by molar-refractivity contribution is 5.86. The molecule has 0 aliphatic heterocycles. The number of aldehydes is 1. The summed E-state index contributed by atoms with van der Waals surface area (Å²) in [6, 6.07) is 11.0. The fourth-order valence-corrected chi connectivity index (χ4v) is 0.821. The summed E-state index contributed by atoms with van der Waals surface area (Å²) >= 11 is 0. The highest BCUT2D eigenvalue weighted by Gasteiger charge is 1.91. The van der Waals surface area contributed by atoms with Crippen LogP contribution in [-0.4, -0.2) is 6.29 Å². The summed E-state index contributed by atoms with van der Waals surface area (Å²) in [6.07, 6.45) is 2.10. The van der Waals surface area contributed by atoms with E-state index >= 15 is 0 Å². The van der Waals surface area contributed by atoms with Gasteiger partial charge < -0.3 is 0 Å². The second-order valence-electron chi connectivity index (χ2n) is 2.24. The number of carbonyl (C=O) groups excluding carboxylic acids is 1. The van der Waals surface area contributed by atoms with Crippen LogP contribution in [0.1, 0.15) is 5.56 Å². The molecule has 0 N–H and O–H groups in total. The van der Waals surface area contributed by atoms with E-state index in [0.29, 0.717) is 6.29 Å². The minimum absolute atomic E-state index is 0.140. The summed E-state index contributed by atoms with van der Waals surface area (Å²) in [4.78, 5) is 10.2. The summed E-state index contributed by atoms with van der Waals surface area (Å²) in [5.74, 6) is 0. The van der Waals surface area contributed by atoms with E-state index in [4.69, 9.17) is 5.26 Å². The molecule has 0 unspecified atom stereocenters. The standard InChI is InChI=1S/C10H7NO/c11-7-10(8-12)6-9-4-2-1-3-5-9/h1-6,8H. The lowest BCUT2D eigenvalue weighted by Gasteiger charge is -1.89. The van der Waals surface area contributed by atoms with Crippen molar-refractivity contribution >= 4 is 12.4 Å². The van der Waals surface area contributed by atoms with Crippen molar-refractivity contribution in [2.75, 3.05) is 0 Å². The molecule has 0 aliphatic rings. The fourth-order valence-electron chi connectivity index (χ4n) is 0.821. The van der Waals surface area contributed by atoms with Crippen molar-refractivity contribution in [3.05, 3.63) is 41.5 Å². The molecule has 0 saturated heterocycles. The zero-order valence-corrected chi connectivity index (χ0v) is 6.40. The van der Waals surface area contributed by atoms with Crippen LogP contribution in [-0.2, 0) is 4.79 Å². The Kier molecular flexibility index (Phi) is 2.80. The van der Waals surface area contributed by atoms with Gasteiger partial charge in [-0.05, 0) is 11.6 Å². The lowest BCUT2D eigenvalue weighted by Crippen LogP contribution is -1.79. The molecule has 1 rings (SSSR count). The Bertz CT molecular complexity index is 333. The summed E-state index contributed by atoms with van der Waals surface area (Å²) < 4.78 is 0. The summed E-state index contributed by atoms with van der Waals surface area (Å²) in [6.45, 7) is 0. The molecule has 0 radical (unpaired) electrons. The van der Waals surface area contributed by atoms with Gasteiger partial charge in [0.25, 0.3) is 0 Å². The van der Waals surface area contributed by atoms with E-state index in [0.717, 1.165) is 5.56 Å². The van der Waals surface area contributed by atoms with Gasteiger partial charge in [-0.1, -0.05) is 30.3 Å². The van der Waals surface area contributed by atoms with Gasteiger partial charge in [-0.15, -0.1) is 0 Å². The minimum Gasteiger partial charge on any atom is -0.297 e. The van der Waals surface area contributed by atoms with Gasteiger partial charge in [-0.25, -0.2) is 0 Å². The topological polar surface area (TPSA) is 40.9 Å². The number of rotatable bonds is 2. The number of nitriles is 1. The van der Waals surface area contributed by atoms with Crippen LogP contribution in [0.3, 0.4) is 0 Å². The van der Waals surface area contributed by atoms with Crippen molar-refractivity contribution in [1.29, 1.82) is 5.26 Å². The van der Waals surface area contributed by atoms with Crippen LogP contribution in [0.2, 0.25) is 0 Å². The Balaban J connectivity index is 2.96. The third-order valence-electron chi connectivity index (χ3n) is 1.38. The third-order valence-corrected chi connectivity index (χ3v) is 1.38. The molecule has 0 fully saturated rings. The van der Waals surface area contributed by atoms with Crippen molar-refractivity contribution in [2.45, 2.75) is 0 Å². The Hall–Kier alpha value is -1.88. The molecule has 1 aromatic rings. The van der Waals surface area contributed by atoms with Gasteiger partial charge in [0.05, 0.1) is 5.57 Å². The Morgan fingerprint density at radius 1 is 1.33 bits per heavy atom. The Labute approximate surface area is 70.8 Å². The van der Waals surface area contributed by atoms with Crippen LogP contribution in [0.5, 0.6) is 0 Å². The monoisotopic (exact) mass is 157 g/mol. The average Bonchev–Trinajstić information content (AvgIpc) is 2.16. The first-order chi connectivity index (χ1) is 5.86. The van der Waals surface area contributed by atoms with Gasteiger partial charge in [-0.3, -0.25) is 4.79 Å². The van der Waals surface area contributed by atoms with Crippen molar-refractivity contribution in [1.82, 2.24) is 0 Å². The molecule has 2 nitrogen and oxygen atoms in total. The van der Waals surface area contributed by atoms with Crippen molar-refractivity contribution in [2.24, 2.45) is 0 Å². The maximum absolute atomic E-state index is 10.2. The minimum atomic E-state index is 0.140. The largest absolute Gasteiger partial charge is 0.297 e. The molecule has 1 aromatic carbocycles. The molecule has 0 bridgehead atoms. The van der Waals surface area contributed by atoms with E-state index in [2.05, 4.69) is 0 Å². The molecule has 58 valence electrons. The normalized spacial score (nSPS) is 10.4. The van der Waals surface area contributed by atoms with Crippen LogP contribution < -0.4 is 0 Å². The van der Waals surface area contributed by atoms with Crippen LogP contribution in [0.25, 0.3) is 6.08 Å². The first-order valence-electron chi connectivity index (χ1n) is 3.49. The van der Waals surface area contributed by atoms with Crippen molar-refractivity contribution in [3.63, 3.8) is 0 Å². The average molecular weight is 157 g/mol. The fraction of sp³-hybridized carbons (Fsp3) is 0. The van der Waals surface area contributed by atoms with Crippen molar-refractivity contribution in [3.8, 4) is 6.07 Å². The molecular formula is C10H7NO. The lowest BCUT2D eigenvalue weighted by atomic mass is 10.1.